The monoisotopic (exact) mass is 418 g/mol. The van der Waals surface area contributed by atoms with Crippen molar-refractivity contribution < 1.29 is 9.53 Å². The van der Waals surface area contributed by atoms with Crippen molar-refractivity contribution in [3.8, 4) is 5.88 Å². The molecule has 1 amide bonds. The molecule has 9 nitrogen and oxygen atoms in total. The van der Waals surface area contributed by atoms with E-state index in [1.54, 1.807) is 27.6 Å². The van der Waals surface area contributed by atoms with Crippen LogP contribution in [0.4, 0.5) is 0 Å². The molecule has 1 N–H and O–H groups in total. The first kappa shape index (κ1) is 20.3. The maximum atomic E-state index is 12.8. The molecule has 3 heterocycles. The Morgan fingerprint density at radius 3 is 2.77 bits per heavy atom. The number of ether oxygens (including phenoxy) is 1. The predicted molar refractivity (Wildman–Crippen MR) is 115 cm³/mol. The number of carbonyl (C=O) groups is 1. The van der Waals surface area contributed by atoms with E-state index in [1.807, 2.05) is 37.3 Å². The highest BCUT2D eigenvalue weighted by Crippen LogP contribution is 2.14. The molecule has 31 heavy (non-hydrogen) atoms. The lowest BCUT2D eigenvalue weighted by molar-refractivity contribution is 0.0947. The van der Waals surface area contributed by atoms with Crippen molar-refractivity contribution in [1.82, 2.24) is 29.6 Å². The van der Waals surface area contributed by atoms with Crippen LogP contribution in [0, 0.1) is 0 Å². The lowest BCUT2D eigenvalue weighted by Crippen LogP contribution is -2.28. The lowest BCUT2D eigenvalue weighted by atomic mass is 10.2. The summed E-state index contributed by atoms with van der Waals surface area (Å²) >= 11 is 0. The summed E-state index contributed by atoms with van der Waals surface area (Å²) < 4.78 is 8.56. The van der Waals surface area contributed by atoms with Crippen LogP contribution < -0.4 is 15.6 Å². The molecule has 0 aliphatic rings. The van der Waals surface area contributed by atoms with Crippen LogP contribution in [0.25, 0.3) is 11.0 Å². The van der Waals surface area contributed by atoms with Gasteiger partial charge in [0.05, 0.1) is 25.9 Å². The lowest BCUT2D eigenvalue weighted by Gasteiger charge is -2.10. The zero-order valence-electron chi connectivity index (χ0n) is 17.1. The van der Waals surface area contributed by atoms with Crippen molar-refractivity contribution in [3.05, 3.63) is 82.7 Å². The van der Waals surface area contributed by atoms with Crippen molar-refractivity contribution >= 4 is 16.9 Å². The van der Waals surface area contributed by atoms with E-state index in [1.165, 1.54) is 12.5 Å². The maximum absolute atomic E-state index is 12.8. The van der Waals surface area contributed by atoms with Crippen molar-refractivity contribution in [2.75, 3.05) is 13.2 Å². The summed E-state index contributed by atoms with van der Waals surface area (Å²) in [5.41, 5.74) is 1.72. The number of fused-ring (bicyclic) bond motifs is 1. The largest absolute Gasteiger partial charge is 0.477 e. The van der Waals surface area contributed by atoms with Crippen LogP contribution >= 0.6 is 0 Å². The fourth-order valence-electron chi connectivity index (χ4n) is 3.24. The van der Waals surface area contributed by atoms with E-state index < -0.39 is 0 Å². The van der Waals surface area contributed by atoms with E-state index in [9.17, 15) is 9.59 Å². The Morgan fingerprint density at radius 1 is 1.13 bits per heavy atom. The summed E-state index contributed by atoms with van der Waals surface area (Å²) in [5.74, 6) is 0.0128. The molecule has 0 radical (unpaired) electrons. The van der Waals surface area contributed by atoms with Crippen LogP contribution in [-0.4, -0.2) is 43.4 Å². The van der Waals surface area contributed by atoms with Gasteiger partial charge < -0.3 is 10.1 Å². The first-order chi connectivity index (χ1) is 15.2. The number of rotatable bonds is 8. The van der Waals surface area contributed by atoms with Gasteiger partial charge >= 0.3 is 0 Å². The smallest absolute Gasteiger partial charge is 0.264 e. The van der Waals surface area contributed by atoms with Crippen molar-refractivity contribution in [2.45, 2.75) is 20.0 Å². The van der Waals surface area contributed by atoms with E-state index in [2.05, 4.69) is 20.4 Å². The van der Waals surface area contributed by atoms with Crippen LogP contribution in [0.5, 0.6) is 5.88 Å². The zero-order valence-corrected chi connectivity index (χ0v) is 17.1. The van der Waals surface area contributed by atoms with Gasteiger partial charge in [0.15, 0.2) is 5.65 Å². The predicted octanol–water partition coefficient (Wildman–Crippen LogP) is 1.86. The van der Waals surface area contributed by atoms with Gasteiger partial charge in [-0.3, -0.25) is 14.2 Å². The minimum Gasteiger partial charge on any atom is -0.477 e. The van der Waals surface area contributed by atoms with Crippen LogP contribution in [0.1, 0.15) is 22.8 Å². The number of hydrogen-bond donors (Lipinski definition) is 1. The summed E-state index contributed by atoms with van der Waals surface area (Å²) in [6.07, 6.45) is 4.62. The molecule has 0 bridgehead atoms. The van der Waals surface area contributed by atoms with Gasteiger partial charge in [-0.2, -0.15) is 5.10 Å². The Kier molecular flexibility index (Phi) is 6.02. The van der Waals surface area contributed by atoms with Crippen molar-refractivity contribution in [3.63, 3.8) is 0 Å². The third kappa shape index (κ3) is 4.45. The van der Waals surface area contributed by atoms with Gasteiger partial charge in [-0.1, -0.05) is 30.3 Å². The Labute approximate surface area is 178 Å². The Hall–Kier alpha value is -4.01. The van der Waals surface area contributed by atoms with E-state index in [4.69, 9.17) is 4.74 Å². The Balaban J connectivity index is 1.44. The zero-order chi connectivity index (χ0) is 21.6. The molecule has 0 saturated heterocycles. The van der Waals surface area contributed by atoms with Gasteiger partial charge in [0, 0.05) is 12.7 Å². The Morgan fingerprint density at radius 2 is 1.97 bits per heavy atom. The minimum atomic E-state index is -0.286. The maximum Gasteiger partial charge on any atom is 0.264 e. The van der Waals surface area contributed by atoms with Gasteiger partial charge in [0.25, 0.3) is 11.5 Å². The molecule has 3 aromatic heterocycles. The van der Waals surface area contributed by atoms with E-state index in [-0.39, 0.29) is 11.5 Å². The SMILES string of the molecule is CCOc1ncccc1C(=O)NCCn1ncc2c(=O)n(Cc3ccccc3)cnc21. The molecular weight excluding hydrogens is 396 g/mol. The summed E-state index contributed by atoms with van der Waals surface area (Å²) in [4.78, 5) is 33.8. The molecule has 0 spiro atoms. The number of pyridine rings is 1. The van der Waals surface area contributed by atoms with E-state index in [0.29, 0.717) is 48.7 Å². The quantitative estimate of drug-likeness (QED) is 0.468. The summed E-state index contributed by atoms with van der Waals surface area (Å²) in [7, 11) is 0. The summed E-state index contributed by atoms with van der Waals surface area (Å²) in [5, 5.41) is 7.54. The number of amides is 1. The number of hydrogen-bond acceptors (Lipinski definition) is 6. The normalized spacial score (nSPS) is 10.9. The molecule has 0 unspecified atom stereocenters. The first-order valence-corrected chi connectivity index (χ1v) is 9.98. The van der Waals surface area contributed by atoms with Crippen molar-refractivity contribution in [2.24, 2.45) is 0 Å². The molecule has 0 fully saturated rings. The molecule has 9 heteroatoms. The fourth-order valence-corrected chi connectivity index (χ4v) is 3.24. The molecule has 158 valence electrons. The molecule has 0 aliphatic carbocycles. The van der Waals surface area contributed by atoms with Gasteiger partial charge in [0.2, 0.25) is 5.88 Å². The van der Waals surface area contributed by atoms with Crippen LogP contribution in [0.15, 0.2) is 66.0 Å². The van der Waals surface area contributed by atoms with E-state index in [0.717, 1.165) is 5.56 Å². The second kappa shape index (κ2) is 9.21. The molecule has 0 atom stereocenters. The van der Waals surface area contributed by atoms with Gasteiger partial charge in [-0.25, -0.2) is 14.6 Å². The Bertz CT molecular complexity index is 1250. The molecular formula is C22H22N6O3. The molecule has 0 saturated carbocycles. The summed E-state index contributed by atoms with van der Waals surface area (Å²) in [6, 6.07) is 13.1. The average molecular weight is 418 g/mol. The molecule has 4 rings (SSSR count). The third-order valence-electron chi connectivity index (χ3n) is 4.72. The minimum absolute atomic E-state index is 0.152. The van der Waals surface area contributed by atoms with Gasteiger partial charge in [-0.15, -0.1) is 0 Å². The molecule has 1 aromatic carbocycles. The third-order valence-corrected chi connectivity index (χ3v) is 4.72. The highest BCUT2D eigenvalue weighted by molar-refractivity contribution is 5.96. The standard InChI is InChI=1S/C22H22N6O3/c1-2-31-21-17(9-6-10-24-21)20(29)23-11-12-28-19-18(13-26-28)22(30)27(15-25-19)14-16-7-4-3-5-8-16/h3-10,13,15H,2,11-12,14H2,1H3,(H,23,29). The van der Waals surface area contributed by atoms with Gasteiger partial charge in [-0.05, 0) is 24.6 Å². The first-order valence-electron chi connectivity index (χ1n) is 9.98. The summed E-state index contributed by atoms with van der Waals surface area (Å²) in [6.45, 7) is 3.38. The van der Waals surface area contributed by atoms with Crippen LogP contribution in [0.3, 0.4) is 0 Å². The number of aromatic nitrogens is 5. The highest BCUT2D eigenvalue weighted by atomic mass is 16.5. The highest BCUT2D eigenvalue weighted by Gasteiger charge is 2.14. The number of carbonyl (C=O) groups excluding carboxylic acids is 1. The number of benzene rings is 1. The van der Waals surface area contributed by atoms with E-state index >= 15 is 0 Å². The molecule has 0 aliphatic heterocycles. The topological polar surface area (TPSA) is 104 Å². The second-order valence-electron chi connectivity index (χ2n) is 6.81. The fraction of sp³-hybridized carbons (Fsp3) is 0.227. The molecule has 4 aromatic rings. The van der Waals surface area contributed by atoms with Gasteiger partial charge in [0.1, 0.15) is 17.3 Å². The number of nitrogens with one attached hydrogen (secondary N) is 1. The van der Waals surface area contributed by atoms with Crippen molar-refractivity contribution in [1.29, 1.82) is 0 Å². The average Bonchev–Trinajstić information content (AvgIpc) is 3.21. The van der Waals surface area contributed by atoms with Crippen LogP contribution in [0.2, 0.25) is 0 Å². The number of nitrogens with zero attached hydrogens (tertiary/aromatic N) is 5. The van der Waals surface area contributed by atoms with Crippen LogP contribution in [-0.2, 0) is 13.1 Å². The second-order valence-corrected chi connectivity index (χ2v) is 6.81.